The molecule has 28 heavy (non-hydrogen) atoms. The lowest BCUT2D eigenvalue weighted by atomic mass is 9.94. The van der Waals surface area contributed by atoms with Crippen LogP contribution in [0, 0.1) is 6.92 Å². The minimum Gasteiger partial charge on any atom is -0.455 e. The van der Waals surface area contributed by atoms with Crippen molar-refractivity contribution in [2.24, 2.45) is 0 Å². The van der Waals surface area contributed by atoms with E-state index in [1.54, 1.807) is 0 Å². The largest absolute Gasteiger partial charge is 0.455 e. The second kappa shape index (κ2) is 7.08. The van der Waals surface area contributed by atoms with Gasteiger partial charge in [-0.3, -0.25) is 4.79 Å². The number of fused-ring (bicyclic) bond motifs is 2. The summed E-state index contributed by atoms with van der Waals surface area (Å²) in [5, 5.41) is 3.08. The Hall–Kier alpha value is -2.05. The summed E-state index contributed by atoms with van der Waals surface area (Å²) in [7, 11) is 0. The van der Waals surface area contributed by atoms with Gasteiger partial charge in [-0.05, 0) is 44.0 Å². The first kappa shape index (κ1) is 18.0. The fourth-order valence-corrected chi connectivity index (χ4v) is 7.85. The summed E-state index contributed by atoms with van der Waals surface area (Å²) in [6.45, 7) is 2.04. The van der Waals surface area contributed by atoms with Crippen LogP contribution >= 0.6 is 23.5 Å². The second-order valence-corrected chi connectivity index (χ2v) is 10.3. The molecule has 1 fully saturated rings. The first-order valence-corrected chi connectivity index (χ1v) is 11.6. The van der Waals surface area contributed by atoms with Gasteiger partial charge in [0.15, 0.2) is 5.76 Å². The van der Waals surface area contributed by atoms with Crippen molar-refractivity contribution in [3.8, 4) is 5.69 Å². The molecule has 0 bridgehead atoms. The van der Waals surface area contributed by atoms with E-state index in [1.165, 1.54) is 17.1 Å². The maximum absolute atomic E-state index is 13.2. The van der Waals surface area contributed by atoms with Crippen LogP contribution in [0.3, 0.4) is 0 Å². The molecule has 0 radical (unpaired) electrons. The molecule has 1 amide bonds. The number of hydrogen-bond donors (Lipinski definition) is 1. The van der Waals surface area contributed by atoms with Gasteiger partial charge in [-0.1, -0.05) is 12.1 Å². The van der Waals surface area contributed by atoms with Gasteiger partial charge in [0, 0.05) is 41.4 Å². The maximum atomic E-state index is 13.2. The van der Waals surface area contributed by atoms with Crippen molar-refractivity contribution in [1.82, 2.24) is 4.57 Å². The van der Waals surface area contributed by atoms with Crippen LogP contribution in [-0.2, 0) is 10.5 Å². The van der Waals surface area contributed by atoms with Crippen molar-refractivity contribution in [2.75, 3.05) is 16.8 Å². The van der Waals surface area contributed by atoms with E-state index >= 15 is 0 Å². The molecule has 4 nitrogen and oxygen atoms in total. The van der Waals surface area contributed by atoms with Gasteiger partial charge >= 0.3 is 0 Å². The Labute approximate surface area is 173 Å². The Balaban J connectivity index is 1.49. The highest BCUT2D eigenvalue weighted by Gasteiger charge is 2.45. The van der Waals surface area contributed by atoms with Crippen molar-refractivity contribution in [3.63, 3.8) is 0 Å². The first-order valence-electron chi connectivity index (χ1n) is 9.62. The molecule has 0 unspecified atom stereocenters. The van der Waals surface area contributed by atoms with E-state index < -0.39 is 0 Å². The lowest BCUT2D eigenvalue weighted by Crippen LogP contribution is -2.21. The molecule has 6 heteroatoms. The van der Waals surface area contributed by atoms with Crippen LogP contribution in [-0.4, -0.2) is 22.0 Å². The third kappa shape index (κ3) is 2.90. The van der Waals surface area contributed by atoms with Crippen LogP contribution < -0.4 is 5.32 Å². The number of aromatic nitrogens is 1. The molecule has 1 aliphatic carbocycles. The number of carbonyl (C=O) groups is 1. The number of thioether (sulfide) groups is 2. The number of benzene rings is 1. The Bertz CT molecular complexity index is 1020. The highest BCUT2D eigenvalue weighted by molar-refractivity contribution is 8.20. The minimum atomic E-state index is -0.172. The van der Waals surface area contributed by atoms with E-state index in [4.69, 9.17) is 4.42 Å². The van der Waals surface area contributed by atoms with Crippen LogP contribution in [0.2, 0.25) is 0 Å². The number of anilines is 1. The predicted molar refractivity (Wildman–Crippen MR) is 117 cm³/mol. The van der Waals surface area contributed by atoms with Gasteiger partial charge in [0.25, 0.3) is 5.91 Å². The molecule has 5 rings (SSSR count). The third-order valence-corrected chi connectivity index (χ3v) is 9.04. The van der Waals surface area contributed by atoms with Gasteiger partial charge in [0.2, 0.25) is 0 Å². The van der Waals surface area contributed by atoms with Gasteiger partial charge in [-0.15, -0.1) is 23.5 Å². The summed E-state index contributed by atoms with van der Waals surface area (Å²) in [5.74, 6) is 3.63. The van der Waals surface area contributed by atoms with Crippen LogP contribution in [0.25, 0.3) is 5.69 Å². The molecule has 3 heterocycles. The van der Waals surface area contributed by atoms with Gasteiger partial charge in [0.05, 0.1) is 15.5 Å². The van der Waals surface area contributed by atoms with E-state index in [2.05, 4.69) is 5.32 Å². The van der Waals surface area contributed by atoms with Crippen molar-refractivity contribution in [2.45, 2.75) is 30.3 Å². The number of amides is 1. The van der Waals surface area contributed by atoms with E-state index in [1.807, 2.05) is 83.8 Å². The third-order valence-electron chi connectivity index (χ3n) is 5.51. The van der Waals surface area contributed by atoms with Crippen molar-refractivity contribution in [3.05, 3.63) is 71.4 Å². The van der Waals surface area contributed by atoms with Crippen molar-refractivity contribution in [1.29, 1.82) is 0 Å². The van der Waals surface area contributed by atoms with Crippen molar-refractivity contribution >= 4 is 35.1 Å². The Morgan fingerprint density at radius 3 is 2.68 bits per heavy atom. The highest BCUT2D eigenvalue weighted by Crippen LogP contribution is 2.59. The van der Waals surface area contributed by atoms with Crippen LogP contribution in [0.15, 0.2) is 53.2 Å². The molecule has 1 saturated heterocycles. The molecule has 1 N–H and O–H groups in total. The monoisotopic (exact) mass is 410 g/mol. The zero-order valence-corrected chi connectivity index (χ0v) is 17.4. The molecular weight excluding hydrogens is 388 g/mol. The molecule has 0 atom stereocenters. The number of nitrogens with zero attached hydrogens (tertiary/aromatic N) is 1. The number of aryl methyl sites for hydroxylation is 1. The normalized spacial score (nSPS) is 17.6. The second-order valence-electron chi connectivity index (χ2n) is 7.22. The Morgan fingerprint density at radius 2 is 1.89 bits per heavy atom. The number of rotatable bonds is 3. The average molecular weight is 411 g/mol. The molecule has 2 aromatic heterocycles. The quantitative estimate of drug-likeness (QED) is 0.610. The standard InChI is InChI=1S/C22H22N2O2S2/c1-15-19-18(9-6-10-22(19)27-13-14-28-22)26-20(15)21(25)23-16-7-2-3-8-17(16)24-11-4-5-12-24/h2-5,7-8,11-12H,6,9-10,13-14H2,1H3,(H,23,25). The van der Waals surface area contributed by atoms with E-state index in [0.29, 0.717) is 5.76 Å². The number of hydrogen-bond acceptors (Lipinski definition) is 4. The Morgan fingerprint density at radius 1 is 1.14 bits per heavy atom. The number of furan rings is 1. The fourth-order valence-electron chi connectivity index (χ4n) is 4.29. The lowest BCUT2D eigenvalue weighted by molar-refractivity contribution is 0.0994. The SMILES string of the molecule is Cc1c(C(=O)Nc2ccccc2-n2cccc2)oc2c1C1(CCC2)SCCS1. The van der Waals surface area contributed by atoms with Gasteiger partial charge in [-0.2, -0.15) is 0 Å². The van der Waals surface area contributed by atoms with E-state index in [0.717, 1.165) is 42.0 Å². The molecule has 1 aliphatic heterocycles. The van der Waals surface area contributed by atoms with Crippen molar-refractivity contribution < 1.29 is 9.21 Å². The van der Waals surface area contributed by atoms with E-state index in [9.17, 15) is 4.79 Å². The van der Waals surface area contributed by atoms with Gasteiger partial charge in [0.1, 0.15) is 5.76 Å². The van der Waals surface area contributed by atoms with Gasteiger partial charge in [-0.25, -0.2) is 0 Å². The maximum Gasteiger partial charge on any atom is 0.291 e. The van der Waals surface area contributed by atoms with Crippen LogP contribution in [0.1, 0.15) is 40.3 Å². The molecule has 1 spiro atoms. The smallest absolute Gasteiger partial charge is 0.291 e. The molecular formula is C22H22N2O2S2. The fraction of sp³-hybridized carbons (Fsp3) is 0.318. The van der Waals surface area contributed by atoms with Gasteiger partial charge < -0.3 is 14.3 Å². The molecule has 1 aromatic carbocycles. The summed E-state index contributed by atoms with van der Waals surface area (Å²) in [4.78, 5) is 13.2. The minimum absolute atomic E-state index is 0.0861. The molecule has 2 aliphatic rings. The number of nitrogens with one attached hydrogen (secondary N) is 1. The molecule has 144 valence electrons. The highest BCUT2D eigenvalue weighted by atomic mass is 32.2. The average Bonchev–Trinajstić information content (AvgIpc) is 3.44. The van der Waals surface area contributed by atoms with Crippen LogP contribution in [0.4, 0.5) is 5.69 Å². The van der Waals surface area contributed by atoms with Crippen LogP contribution in [0.5, 0.6) is 0 Å². The molecule has 3 aromatic rings. The summed E-state index contributed by atoms with van der Waals surface area (Å²) < 4.78 is 8.23. The number of carbonyl (C=O) groups excluding carboxylic acids is 1. The zero-order chi connectivity index (χ0) is 19.1. The lowest BCUT2D eigenvalue weighted by Gasteiger charge is -2.31. The Kier molecular flexibility index (Phi) is 4.56. The predicted octanol–water partition coefficient (Wildman–Crippen LogP) is 5.60. The first-order chi connectivity index (χ1) is 13.7. The topological polar surface area (TPSA) is 47.2 Å². The zero-order valence-electron chi connectivity index (χ0n) is 15.7. The summed E-state index contributed by atoms with van der Waals surface area (Å²) >= 11 is 4.04. The summed E-state index contributed by atoms with van der Waals surface area (Å²) in [6, 6.07) is 11.8. The molecule has 0 saturated carbocycles. The van der Waals surface area contributed by atoms with E-state index in [-0.39, 0.29) is 9.99 Å². The number of para-hydroxylation sites is 2. The summed E-state index contributed by atoms with van der Waals surface area (Å²) in [6.07, 6.45) is 7.15. The summed E-state index contributed by atoms with van der Waals surface area (Å²) in [5.41, 5.74) is 3.99.